The van der Waals surface area contributed by atoms with E-state index < -0.39 is 0 Å². The quantitative estimate of drug-likeness (QED) is 0.308. The fourth-order valence-electron chi connectivity index (χ4n) is 3.40. The number of thioether (sulfide) groups is 1. The van der Waals surface area contributed by atoms with Gasteiger partial charge in [0.1, 0.15) is 5.82 Å². The zero-order chi connectivity index (χ0) is 22.2. The van der Waals surface area contributed by atoms with E-state index in [1.54, 1.807) is 47.4 Å². The van der Waals surface area contributed by atoms with E-state index in [1.165, 1.54) is 11.8 Å². The van der Waals surface area contributed by atoms with E-state index in [0.717, 1.165) is 11.0 Å². The van der Waals surface area contributed by atoms with Crippen molar-refractivity contribution in [1.29, 1.82) is 0 Å². The molecule has 4 aromatic rings. The number of para-hydroxylation sites is 2. The first-order valence-electron chi connectivity index (χ1n) is 9.75. The number of nitrogens with zero attached hydrogens (tertiary/aromatic N) is 4. The average molecular weight is 479 g/mol. The first-order valence-corrected chi connectivity index (χ1v) is 11.3. The molecule has 8 heteroatoms. The number of amidine groups is 1. The van der Waals surface area contributed by atoms with Crippen LogP contribution >= 0.6 is 35.0 Å². The standard InChI is InChI=1S/C24H16Cl2N4OS/c1-29-20-5-3-2-4-19(20)28-22(29)14-21-23(31)30(18-12-8-16(26)9-13-18)24(32-21)27-17-10-6-15(25)7-11-17/h2-14H,1H3. The third-order valence-electron chi connectivity index (χ3n) is 5.02. The largest absolute Gasteiger partial charge is 0.328 e. The van der Waals surface area contributed by atoms with Crippen LogP contribution in [-0.4, -0.2) is 20.6 Å². The SMILES string of the molecule is Cn1c(C=C2SC(=Nc3ccc(Cl)cc3)N(c3ccc(Cl)cc3)C2=O)nc2ccccc21. The van der Waals surface area contributed by atoms with Gasteiger partial charge >= 0.3 is 0 Å². The van der Waals surface area contributed by atoms with Crippen LogP contribution in [-0.2, 0) is 11.8 Å². The van der Waals surface area contributed by atoms with Crippen LogP contribution in [0.2, 0.25) is 10.0 Å². The second-order valence-electron chi connectivity index (χ2n) is 7.12. The van der Waals surface area contributed by atoms with Crippen LogP contribution in [0.4, 0.5) is 11.4 Å². The molecule has 3 aromatic carbocycles. The third kappa shape index (κ3) is 3.93. The number of hydrogen-bond acceptors (Lipinski definition) is 4. The van der Waals surface area contributed by atoms with Gasteiger partial charge in [-0.05, 0) is 72.4 Å². The maximum atomic E-state index is 13.4. The number of fused-ring (bicyclic) bond motifs is 1. The van der Waals surface area contributed by atoms with Crippen LogP contribution in [0.3, 0.4) is 0 Å². The smallest absolute Gasteiger partial charge is 0.271 e. The van der Waals surface area contributed by atoms with E-state index in [2.05, 4.69) is 4.98 Å². The van der Waals surface area contributed by atoms with E-state index in [1.807, 2.05) is 48.0 Å². The third-order valence-corrected chi connectivity index (χ3v) is 6.50. The number of aromatic nitrogens is 2. The fourth-order valence-corrected chi connectivity index (χ4v) is 4.63. The second kappa shape index (κ2) is 8.47. The number of benzene rings is 3. The zero-order valence-electron chi connectivity index (χ0n) is 16.9. The lowest BCUT2D eigenvalue weighted by molar-refractivity contribution is -0.113. The van der Waals surface area contributed by atoms with E-state index in [4.69, 9.17) is 28.2 Å². The highest BCUT2D eigenvalue weighted by molar-refractivity contribution is 8.19. The van der Waals surface area contributed by atoms with Crippen LogP contribution in [0, 0.1) is 0 Å². The number of halogens is 2. The summed E-state index contributed by atoms with van der Waals surface area (Å²) in [4.78, 5) is 24.9. The van der Waals surface area contributed by atoms with Gasteiger partial charge < -0.3 is 4.57 Å². The Morgan fingerprint density at radius 1 is 0.938 bits per heavy atom. The molecular weight excluding hydrogens is 463 g/mol. The molecule has 0 unspecified atom stereocenters. The Morgan fingerprint density at radius 2 is 1.59 bits per heavy atom. The van der Waals surface area contributed by atoms with Gasteiger partial charge in [-0.15, -0.1) is 0 Å². The molecule has 1 amide bonds. The van der Waals surface area contributed by atoms with Crippen molar-refractivity contribution in [2.45, 2.75) is 0 Å². The Morgan fingerprint density at radius 3 is 2.28 bits per heavy atom. The molecule has 1 fully saturated rings. The van der Waals surface area contributed by atoms with Crippen molar-refractivity contribution in [1.82, 2.24) is 9.55 Å². The van der Waals surface area contributed by atoms with E-state index in [0.29, 0.717) is 37.3 Å². The number of rotatable bonds is 3. The first-order chi connectivity index (χ1) is 15.5. The van der Waals surface area contributed by atoms with Gasteiger partial charge in [-0.3, -0.25) is 9.69 Å². The predicted molar refractivity (Wildman–Crippen MR) is 134 cm³/mol. The molecule has 0 radical (unpaired) electrons. The number of aryl methyl sites for hydroxylation is 1. The number of anilines is 1. The topological polar surface area (TPSA) is 50.5 Å². The highest BCUT2D eigenvalue weighted by Crippen LogP contribution is 2.38. The maximum absolute atomic E-state index is 13.4. The minimum absolute atomic E-state index is 0.169. The highest BCUT2D eigenvalue weighted by atomic mass is 35.5. The lowest BCUT2D eigenvalue weighted by Gasteiger charge is -2.15. The summed E-state index contributed by atoms with van der Waals surface area (Å²) >= 11 is 13.4. The summed E-state index contributed by atoms with van der Waals surface area (Å²) in [5, 5.41) is 1.77. The predicted octanol–water partition coefficient (Wildman–Crippen LogP) is 6.69. The van der Waals surface area contributed by atoms with Gasteiger partial charge in [-0.1, -0.05) is 35.3 Å². The van der Waals surface area contributed by atoms with Crippen molar-refractivity contribution in [2.75, 3.05) is 4.90 Å². The molecule has 5 rings (SSSR count). The number of carbonyl (C=O) groups excluding carboxylic acids is 1. The number of aliphatic imine (C=N–C) groups is 1. The summed E-state index contributed by atoms with van der Waals surface area (Å²) in [7, 11) is 1.94. The molecule has 0 N–H and O–H groups in total. The molecule has 0 atom stereocenters. The summed E-state index contributed by atoms with van der Waals surface area (Å²) in [5.74, 6) is 0.531. The Kier molecular flexibility index (Phi) is 5.51. The van der Waals surface area contributed by atoms with E-state index in [9.17, 15) is 4.79 Å². The minimum Gasteiger partial charge on any atom is -0.328 e. The van der Waals surface area contributed by atoms with Gasteiger partial charge in [0.2, 0.25) is 0 Å². The van der Waals surface area contributed by atoms with Crippen LogP contribution < -0.4 is 4.90 Å². The number of carbonyl (C=O) groups is 1. The molecule has 1 aliphatic rings. The van der Waals surface area contributed by atoms with Gasteiger partial charge in [-0.2, -0.15) is 0 Å². The normalized spacial score (nSPS) is 16.6. The molecule has 32 heavy (non-hydrogen) atoms. The number of amides is 1. The van der Waals surface area contributed by atoms with Crippen molar-refractivity contribution in [3.05, 3.63) is 93.6 Å². The lowest BCUT2D eigenvalue weighted by atomic mass is 10.3. The van der Waals surface area contributed by atoms with Gasteiger partial charge in [0.05, 0.1) is 27.3 Å². The summed E-state index contributed by atoms with van der Waals surface area (Å²) < 4.78 is 1.97. The van der Waals surface area contributed by atoms with Gasteiger partial charge in [0.25, 0.3) is 5.91 Å². The number of imidazole rings is 1. The van der Waals surface area contributed by atoms with Crippen LogP contribution in [0.5, 0.6) is 0 Å². The maximum Gasteiger partial charge on any atom is 0.271 e. The molecule has 0 bridgehead atoms. The van der Waals surface area contributed by atoms with Crippen LogP contribution in [0.15, 0.2) is 82.7 Å². The molecule has 5 nitrogen and oxygen atoms in total. The molecule has 0 spiro atoms. The molecule has 1 saturated heterocycles. The lowest BCUT2D eigenvalue weighted by Crippen LogP contribution is -2.28. The van der Waals surface area contributed by atoms with Crippen molar-refractivity contribution in [2.24, 2.45) is 12.0 Å². The fraction of sp³-hybridized carbons (Fsp3) is 0.0417. The van der Waals surface area contributed by atoms with Crippen LogP contribution in [0.1, 0.15) is 5.82 Å². The van der Waals surface area contributed by atoms with Crippen LogP contribution in [0.25, 0.3) is 17.1 Å². The van der Waals surface area contributed by atoms with Crippen molar-refractivity contribution >= 4 is 74.5 Å². The summed E-state index contributed by atoms with van der Waals surface area (Å²) in [6, 6.07) is 22.1. The molecule has 0 aliphatic carbocycles. The molecule has 0 saturated carbocycles. The van der Waals surface area contributed by atoms with Crippen molar-refractivity contribution in [3.63, 3.8) is 0 Å². The highest BCUT2D eigenvalue weighted by Gasteiger charge is 2.35. The molecule has 1 aliphatic heterocycles. The first kappa shape index (κ1) is 20.8. The van der Waals surface area contributed by atoms with Crippen molar-refractivity contribution < 1.29 is 4.79 Å². The Hall–Kier alpha value is -3.06. The monoisotopic (exact) mass is 478 g/mol. The Labute approximate surface area is 199 Å². The van der Waals surface area contributed by atoms with Gasteiger partial charge in [0.15, 0.2) is 5.17 Å². The Balaban J connectivity index is 1.59. The molecule has 1 aromatic heterocycles. The molecular formula is C24H16Cl2N4OS. The average Bonchev–Trinajstić information content (AvgIpc) is 3.27. The minimum atomic E-state index is -0.169. The summed E-state index contributed by atoms with van der Waals surface area (Å²) in [6.07, 6.45) is 1.81. The van der Waals surface area contributed by atoms with E-state index in [-0.39, 0.29) is 5.91 Å². The number of hydrogen-bond donors (Lipinski definition) is 0. The molecule has 2 heterocycles. The van der Waals surface area contributed by atoms with E-state index >= 15 is 0 Å². The molecule has 158 valence electrons. The Bertz CT molecular complexity index is 1390. The summed E-state index contributed by atoms with van der Waals surface area (Å²) in [5.41, 5.74) is 3.27. The second-order valence-corrected chi connectivity index (χ2v) is 9.00. The van der Waals surface area contributed by atoms with Gasteiger partial charge in [-0.25, -0.2) is 9.98 Å². The van der Waals surface area contributed by atoms with Crippen molar-refractivity contribution in [3.8, 4) is 0 Å². The zero-order valence-corrected chi connectivity index (χ0v) is 19.2. The van der Waals surface area contributed by atoms with Gasteiger partial charge in [0, 0.05) is 23.2 Å². The summed E-state index contributed by atoms with van der Waals surface area (Å²) in [6.45, 7) is 0.